The lowest BCUT2D eigenvalue weighted by Gasteiger charge is -2.18. The smallest absolute Gasteiger partial charge is 0.282 e. The molecule has 5 aromatic rings. The zero-order valence-corrected chi connectivity index (χ0v) is 25.8. The molecule has 0 saturated carbocycles. The summed E-state index contributed by atoms with van der Waals surface area (Å²) in [5, 5.41) is 5.87. The van der Waals surface area contributed by atoms with E-state index in [0.29, 0.717) is 34.1 Å². The topological polar surface area (TPSA) is 70.6 Å². The van der Waals surface area contributed by atoms with E-state index < -0.39 is 0 Å². The van der Waals surface area contributed by atoms with Crippen molar-refractivity contribution < 1.29 is 9.47 Å². The Bertz CT molecular complexity index is 1880. The number of methoxy groups -OCH3 is 1. The van der Waals surface area contributed by atoms with Crippen molar-refractivity contribution >= 4 is 28.7 Å². The van der Waals surface area contributed by atoms with Gasteiger partial charge in [-0.3, -0.25) is 4.79 Å². The molecule has 0 N–H and O–H groups in total. The zero-order valence-electron chi connectivity index (χ0n) is 25.0. The highest BCUT2D eigenvalue weighted by Crippen LogP contribution is 2.35. The molecule has 216 valence electrons. The van der Waals surface area contributed by atoms with Gasteiger partial charge in [0.2, 0.25) is 0 Å². The highest BCUT2D eigenvalue weighted by molar-refractivity contribution is 6.30. The molecule has 0 aliphatic carbocycles. The van der Waals surface area contributed by atoms with E-state index in [4.69, 9.17) is 31.2 Å². The van der Waals surface area contributed by atoms with Crippen molar-refractivity contribution in [2.75, 3.05) is 13.7 Å². The Labute approximate surface area is 251 Å². The summed E-state index contributed by atoms with van der Waals surface area (Å²) in [6.45, 7) is 12.8. The van der Waals surface area contributed by atoms with E-state index in [1.165, 1.54) is 4.68 Å². The predicted octanol–water partition coefficient (Wildman–Crippen LogP) is 7.85. The summed E-state index contributed by atoms with van der Waals surface area (Å²) in [4.78, 5) is 18.8. The van der Waals surface area contributed by atoms with Gasteiger partial charge in [0.1, 0.15) is 11.5 Å². The molecule has 3 aromatic carbocycles. The molecule has 7 nitrogen and oxygen atoms in total. The van der Waals surface area contributed by atoms with Crippen LogP contribution in [0, 0.1) is 20.8 Å². The molecule has 5 rings (SSSR count). The highest BCUT2D eigenvalue weighted by atomic mass is 35.5. The molecule has 0 aliphatic rings. The van der Waals surface area contributed by atoms with Crippen molar-refractivity contribution in [3.05, 3.63) is 104 Å². The number of aryl methyl sites for hydroxylation is 2. The number of aromatic nitrogens is 3. The van der Waals surface area contributed by atoms with Gasteiger partial charge in [0.15, 0.2) is 5.82 Å². The Morgan fingerprint density at radius 1 is 1.02 bits per heavy atom. The largest absolute Gasteiger partial charge is 0.495 e. The maximum Gasteiger partial charge on any atom is 0.282 e. The summed E-state index contributed by atoms with van der Waals surface area (Å²) < 4.78 is 15.0. The third-order valence-electron chi connectivity index (χ3n) is 7.44. The van der Waals surface area contributed by atoms with Crippen molar-refractivity contribution in [3.8, 4) is 28.6 Å². The molecule has 8 heteroatoms. The molecule has 2 heterocycles. The number of hydrogen-bond donors (Lipinski definition) is 0. The fourth-order valence-electron chi connectivity index (χ4n) is 5.32. The third-order valence-corrected chi connectivity index (χ3v) is 7.67. The minimum Gasteiger partial charge on any atom is -0.495 e. The van der Waals surface area contributed by atoms with Crippen LogP contribution in [-0.4, -0.2) is 34.2 Å². The van der Waals surface area contributed by atoms with E-state index in [1.54, 1.807) is 25.5 Å². The van der Waals surface area contributed by atoms with Crippen LogP contribution in [0.3, 0.4) is 0 Å². The van der Waals surface area contributed by atoms with Crippen LogP contribution in [0.2, 0.25) is 5.02 Å². The average Bonchev–Trinajstić information content (AvgIpc) is 3.24. The quantitative estimate of drug-likeness (QED) is 0.175. The van der Waals surface area contributed by atoms with Gasteiger partial charge >= 0.3 is 0 Å². The van der Waals surface area contributed by atoms with Gasteiger partial charge < -0.3 is 14.0 Å². The third kappa shape index (κ3) is 5.32. The van der Waals surface area contributed by atoms with Crippen LogP contribution in [0.15, 0.2) is 70.6 Å². The SMILES string of the molecule is CCOc1cc(C)c(-c2nc3ccccc3c(=O)n2N=Cc2cc(C)n(-c3cc(Cl)ccc3OC)c2C)cc1C(C)C. The Morgan fingerprint density at radius 2 is 1.79 bits per heavy atom. The van der Waals surface area contributed by atoms with Crippen LogP contribution >= 0.6 is 11.6 Å². The maximum absolute atomic E-state index is 13.9. The van der Waals surface area contributed by atoms with Crippen molar-refractivity contribution in [3.63, 3.8) is 0 Å². The van der Waals surface area contributed by atoms with E-state index in [2.05, 4.69) is 24.5 Å². The summed E-state index contributed by atoms with van der Waals surface area (Å²) in [6.07, 6.45) is 1.71. The Morgan fingerprint density at radius 3 is 2.50 bits per heavy atom. The fourth-order valence-corrected chi connectivity index (χ4v) is 5.49. The van der Waals surface area contributed by atoms with E-state index >= 15 is 0 Å². The van der Waals surface area contributed by atoms with Crippen LogP contribution in [0.5, 0.6) is 11.5 Å². The summed E-state index contributed by atoms with van der Waals surface area (Å²) in [5.41, 5.74) is 6.79. The number of nitrogens with zero attached hydrogens (tertiary/aromatic N) is 4. The number of para-hydroxylation sites is 1. The van der Waals surface area contributed by atoms with Gasteiger partial charge in [-0.15, -0.1) is 0 Å². The Balaban J connectivity index is 1.71. The van der Waals surface area contributed by atoms with Crippen LogP contribution in [-0.2, 0) is 0 Å². The van der Waals surface area contributed by atoms with E-state index in [1.807, 2.05) is 70.2 Å². The molecule has 0 unspecified atom stereocenters. The minimum atomic E-state index is -0.239. The monoisotopic (exact) mass is 582 g/mol. The molecule has 0 aliphatic heterocycles. The van der Waals surface area contributed by atoms with E-state index in [-0.39, 0.29) is 11.5 Å². The molecular weight excluding hydrogens is 548 g/mol. The molecule has 0 bridgehead atoms. The normalized spacial score (nSPS) is 11.6. The lowest BCUT2D eigenvalue weighted by Crippen LogP contribution is -2.21. The van der Waals surface area contributed by atoms with Crippen molar-refractivity contribution in [1.82, 2.24) is 14.2 Å². The van der Waals surface area contributed by atoms with Crippen molar-refractivity contribution in [2.24, 2.45) is 5.10 Å². The van der Waals surface area contributed by atoms with Crippen LogP contribution in [0.4, 0.5) is 0 Å². The first-order valence-corrected chi connectivity index (χ1v) is 14.4. The number of hydrogen-bond acceptors (Lipinski definition) is 5. The second kappa shape index (κ2) is 11.9. The number of benzene rings is 3. The highest BCUT2D eigenvalue weighted by Gasteiger charge is 2.19. The Kier molecular flexibility index (Phi) is 8.23. The Hall–Kier alpha value is -4.36. The summed E-state index contributed by atoms with van der Waals surface area (Å²) >= 11 is 6.34. The number of fused-ring (bicyclic) bond motifs is 1. The van der Waals surface area contributed by atoms with Gasteiger partial charge in [-0.05, 0) is 93.3 Å². The fraction of sp³-hybridized carbons (Fsp3) is 0.265. The second-order valence-corrected chi connectivity index (χ2v) is 11.0. The first kappa shape index (κ1) is 29.1. The molecule has 0 atom stereocenters. The number of rotatable bonds is 8. The van der Waals surface area contributed by atoms with E-state index in [9.17, 15) is 4.79 Å². The van der Waals surface area contributed by atoms with Crippen LogP contribution in [0.1, 0.15) is 54.8 Å². The first-order chi connectivity index (χ1) is 20.1. The van der Waals surface area contributed by atoms with E-state index in [0.717, 1.165) is 45.1 Å². The number of halogens is 1. The van der Waals surface area contributed by atoms with Gasteiger partial charge in [0.05, 0.1) is 36.5 Å². The molecule has 0 spiro atoms. The van der Waals surface area contributed by atoms with Gasteiger partial charge in [-0.2, -0.15) is 9.78 Å². The molecule has 0 radical (unpaired) electrons. The average molecular weight is 583 g/mol. The van der Waals surface area contributed by atoms with Crippen LogP contribution in [0.25, 0.3) is 28.0 Å². The molecule has 0 saturated heterocycles. The second-order valence-electron chi connectivity index (χ2n) is 10.6. The van der Waals surface area contributed by atoms with Gasteiger partial charge in [0.25, 0.3) is 5.56 Å². The molecule has 0 amide bonds. The first-order valence-electron chi connectivity index (χ1n) is 14.0. The lowest BCUT2D eigenvalue weighted by molar-refractivity contribution is 0.335. The molecule has 0 fully saturated rings. The van der Waals surface area contributed by atoms with Crippen LogP contribution < -0.4 is 15.0 Å². The predicted molar refractivity (Wildman–Crippen MR) is 171 cm³/mol. The maximum atomic E-state index is 13.9. The summed E-state index contributed by atoms with van der Waals surface area (Å²) in [5.74, 6) is 2.23. The molecule has 42 heavy (non-hydrogen) atoms. The minimum absolute atomic E-state index is 0.212. The standard InChI is InChI=1S/C34H35ClN4O3/c1-8-42-32-15-21(4)28(18-27(32)20(2)3)33-37-29-12-10-9-11-26(29)34(40)39(33)36-19-24-16-22(5)38(23(24)6)30-17-25(35)13-14-31(30)41-7/h9-20H,8H2,1-7H3. The van der Waals surface area contributed by atoms with Gasteiger partial charge in [0, 0.05) is 27.5 Å². The van der Waals surface area contributed by atoms with Gasteiger partial charge in [-0.1, -0.05) is 37.6 Å². The molecule has 2 aromatic heterocycles. The molecular formula is C34H35ClN4O3. The summed E-state index contributed by atoms with van der Waals surface area (Å²) in [7, 11) is 1.64. The van der Waals surface area contributed by atoms with Crippen molar-refractivity contribution in [2.45, 2.75) is 47.5 Å². The number of ether oxygens (including phenoxy) is 2. The van der Waals surface area contributed by atoms with Crippen molar-refractivity contribution in [1.29, 1.82) is 0 Å². The lowest BCUT2D eigenvalue weighted by atomic mass is 9.96. The van der Waals surface area contributed by atoms with Gasteiger partial charge in [-0.25, -0.2) is 4.98 Å². The summed E-state index contributed by atoms with van der Waals surface area (Å²) in [6, 6.07) is 19.0. The zero-order chi connectivity index (χ0) is 30.1.